The van der Waals surface area contributed by atoms with Gasteiger partial charge in [-0.1, -0.05) is 23.7 Å². The summed E-state index contributed by atoms with van der Waals surface area (Å²) in [6, 6.07) is 12.7. The van der Waals surface area contributed by atoms with Gasteiger partial charge >= 0.3 is 0 Å². The second-order valence-corrected chi connectivity index (χ2v) is 7.74. The van der Waals surface area contributed by atoms with Crippen LogP contribution in [0, 0.1) is 10.1 Å². The zero-order valence-corrected chi connectivity index (χ0v) is 18.5. The first kappa shape index (κ1) is 22.9. The first-order valence-electron chi connectivity index (χ1n) is 10.2. The topological polar surface area (TPSA) is 134 Å². The molecule has 4 aromatic rings. The molecule has 1 amide bonds. The number of amides is 1. The van der Waals surface area contributed by atoms with Crippen molar-refractivity contribution in [3.8, 4) is 5.75 Å². The molecule has 2 aromatic heterocycles. The highest BCUT2D eigenvalue weighted by atomic mass is 35.5. The number of hydrogen-bond acceptors (Lipinski definition) is 7. The standard InChI is InChI=1S/C22H19ClN6O5/c23-16-4-6-18(7-5-16)34-13-20(30)24-8-9-28-21-19(11-26-28)22(31)27(14-25-21)12-15-2-1-3-17(10-15)29(32)33/h1-7,10-11,14H,8-9,12-13H2,(H,24,30). The Labute approximate surface area is 197 Å². The fourth-order valence-corrected chi connectivity index (χ4v) is 3.40. The third kappa shape index (κ3) is 5.38. The molecule has 12 heteroatoms. The van der Waals surface area contributed by atoms with Crippen LogP contribution < -0.4 is 15.6 Å². The molecular weight excluding hydrogens is 464 g/mol. The van der Waals surface area contributed by atoms with Gasteiger partial charge in [-0.25, -0.2) is 9.67 Å². The van der Waals surface area contributed by atoms with Crippen molar-refractivity contribution in [2.75, 3.05) is 13.2 Å². The summed E-state index contributed by atoms with van der Waals surface area (Å²) in [6.07, 6.45) is 2.79. The molecule has 0 spiro atoms. The van der Waals surface area contributed by atoms with Crippen molar-refractivity contribution in [1.82, 2.24) is 24.6 Å². The molecule has 34 heavy (non-hydrogen) atoms. The maximum atomic E-state index is 12.8. The quantitative estimate of drug-likeness (QED) is 0.286. The van der Waals surface area contributed by atoms with Crippen LogP contribution in [0.15, 0.2) is 65.8 Å². The molecule has 0 bridgehead atoms. The Balaban J connectivity index is 1.36. The molecule has 0 saturated heterocycles. The maximum Gasteiger partial charge on any atom is 0.269 e. The molecule has 0 radical (unpaired) electrons. The van der Waals surface area contributed by atoms with E-state index >= 15 is 0 Å². The third-order valence-corrected chi connectivity index (χ3v) is 5.18. The van der Waals surface area contributed by atoms with Gasteiger partial charge in [0.15, 0.2) is 12.3 Å². The SMILES string of the molecule is O=C(COc1ccc(Cl)cc1)NCCn1ncc2c(=O)n(Cc3cccc([N+](=O)[O-])c3)cnc21. The van der Waals surface area contributed by atoms with Crippen molar-refractivity contribution >= 4 is 34.2 Å². The van der Waals surface area contributed by atoms with Crippen molar-refractivity contribution in [3.05, 3.63) is 92.1 Å². The summed E-state index contributed by atoms with van der Waals surface area (Å²) in [5.41, 5.74) is 0.622. The van der Waals surface area contributed by atoms with Crippen LogP contribution in [0.2, 0.25) is 5.02 Å². The summed E-state index contributed by atoms with van der Waals surface area (Å²) in [5.74, 6) is 0.224. The van der Waals surface area contributed by atoms with E-state index in [2.05, 4.69) is 15.4 Å². The van der Waals surface area contributed by atoms with E-state index in [0.29, 0.717) is 33.9 Å². The summed E-state index contributed by atoms with van der Waals surface area (Å²) < 4.78 is 8.28. The average Bonchev–Trinajstić information content (AvgIpc) is 3.24. The fraction of sp³-hybridized carbons (Fsp3) is 0.182. The molecule has 0 unspecified atom stereocenters. The van der Waals surface area contributed by atoms with Gasteiger partial charge in [-0.05, 0) is 29.8 Å². The number of nitrogens with zero attached hydrogens (tertiary/aromatic N) is 5. The summed E-state index contributed by atoms with van der Waals surface area (Å²) in [5, 5.41) is 18.8. The number of ether oxygens (including phenoxy) is 1. The van der Waals surface area contributed by atoms with Gasteiger partial charge in [0.1, 0.15) is 17.5 Å². The molecule has 0 atom stereocenters. The number of halogens is 1. The summed E-state index contributed by atoms with van der Waals surface area (Å²) in [4.78, 5) is 39.6. The van der Waals surface area contributed by atoms with Crippen LogP contribution >= 0.6 is 11.6 Å². The number of nitro benzene ring substituents is 1. The highest BCUT2D eigenvalue weighted by molar-refractivity contribution is 6.30. The van der Waals surface area contributed by atoms with Crippen LogP contribution in [0.3, 0.4) is 0 Å². The average molecular weight is 483 g/mol. The van der Waals surface area contributed by atoms with E-state index in [-0.39, 0.29) is 36.9 Å². The van der Waals surface area contributed by atoms with Crippen LogP contribution in [-0.2, 0) is 17.9 Å². The van der Waals surface area contributed by atoms with Gasteiger partial charge in [0.2, 0.25) is 0 Å². The number of carbonyl (C=O) groups is 1. The molecule has 2 aromatic carbocycles. The van der Waals surface area contributed by atoms with E-state index in [9.17, 15) is 19.7 Å². The lowest BCUT2D eigenvalue weighted by Crippen LogP contribution is -2.31. The van der Waals surface area contributed by atoms with Crippen molar-refractivity contribution in [2.45, 2.75) is 13.1 Å². The maximum absolute atomic E-state index is 12.8. The van der Waals surface area contributed by atoms with Crippen LogP contribution in [0.4, 0.5) is 5.69 Å². The van der Waals surface area contributed by atoms with Gasteiger partial charge in [0.25, 0.3) is 17.2 Å². The molecule has 174 valence electrons. The summed E-state index contributed by atoms with van der Waals surface area (Å²) in [7, 11) is 0. The Hall–Kier alpha value is -4.25. The van der Waals surface area contributed by atoms with E-state index in [1.54, 1.807) is 36.4 Å². The number of nitrogens with one attached hydrogen (secondary N) is 1. The molecular formula is C22H19ClN6O5. The Morgan fingerprint density at radius 2 is 2.00 bits per heavy atom. The van der Waals surface area contributed by atoms with E-state index in [1.807, 2.05) is 0 Å². The first-order valence-corrected chi connectivity index (χ1v) is 10.6. The van der Waals surface area contributed by atoms with Gasteiger partial charge in [-0.15, -0.1) is 0 Å². The second-order valence-electron chi connectivity index (χ2n) is 7.30. The second kappa shape index (κ2) is 10.1. The molecule has 0 saturated carbocycles. The lowest BCUT2D eigenvalue weighted by atomic mass is 10.2. The van der Waals surface area contributed by atoms with Crippen molar-refractivity contribution in [3.63, 3.8) is 0 Å². The lowest BCUT2D eigenvalue weighted by molar-refractivity contribution is -0.384. The monoisotopic (exact) mass is 482 g/mol. The number of fused-ring (bicyclic) bond motifs is 1. The number of nitro groups is 1. The zero-order chi connectivity index (χ0) is 24.1. The number of benzene rings is 2. The number of carbonyl (C=O) groups excluding carboxylic acids is 1. The van der Waals surface area contributed by atoms with Crippen LogP contribution in [0.1, 0.15) is 5.56 Å². The van der Waals surface area contributed by atoms with Gasteiger partial charge in [-0.3, -0.25) is 24.3 Å². The van der Waals surface area contributed by atoms with E-state index in [0.717, 1.165) is 0 Å². The molecule has 1 N–H and O–H groups in total. The van der Waals surface area contributed by atoms with E-state index in [4.69, 9.17) is 16.3 Å². The van der Waals surface area contributed by atoms with Crippen LogP contribution in [0.5, 0.6) is 5.75 Å². The lowest BCUT2D eigenvalue weighted by Gasteiger charge is -2.09. The number of hydrogen-bond donors (Lipinski definition) is 1. The Kier molecular flexibility index (Phi) is 6.83. The third-order valence-electron chi connectivity index (χ3n) is 4.93. The highest BCUT2D eigenvalue weighted by Crippen LogP contribution is 2.16. The Bertz CT molecular complexity index is 1400. The fourth-order valence-electron chi connectivity index (χ4n) is 3.27. The normalized spacial score (nSPS) is 10.9. The predicted octanol–water partition coefficient (Wildman–Crippen LogP) is 2.40. The molecule has 0 aliphatic heterocycles. The minimum absolute atomic E-state index is 0.0481. The Morgan fingerprint density at radius 1 is 1.21 bits per heavy atom. The van der Waals surface area contributed by atoms with Crippen LogP contribution in [-0.4, -0.2) is 43.3 Å². The van der Waals surface area contributed by atoms with Gasteiger partial charge in [0, 0.05) is 23.7 Å². The summed E-state index contributed by atoms with van der Waals surface area (Å²) in [6.45, 7) is 0.552. The van der Waals surface area contributed by atoms with E-state index in [1.165, 1.54) is 33.9 Å². The molecule has 2 heterocycles. The van der Waals surface area contributed by atoms with Crippen molar-refractivity contribution in [1.29, 1.82) is 0 Å². The molecule has 0 aliphatic carbocycles. The minimum atomic E-state index is -0.486. The van der Waals surface area contributed by atoms with Crippen LogP contribution in [0.25, 0.3) is 11.0 Å². The van der Waals surface area contributed by atoms with Gasteiger partial charge in [0.05, 0.1) is 24.2 Å². The smallest absolute Gasteiger partial charge is 0.269 e. The largest absolute Gasteiger partial charge is 0.484 e. The Morgan fingerprint density at radius 3 is 2.76 bits per heavy atom. The van der Waals surface area contributed by atoms with Gasteiger partial charge < -0.3 is 10.1 Å². The predicted molar refractivity (Wildman–Crippen MR) is 124 cm³/mol. The molecule has 11 nitrogen and oxygen atoms in total. The molecule has 0 aliphatic rings. The minimum Gasteiger partial charge on any atom is -0.484 e. The highest BCUT2D eigenvalue weighted by Gasteiger charge is 2.12. The summed E-state index contributed by atoms with van der Waals surface area (Å²) >= 11 is 5.81. The van der Waals surface area contributed by atoms with Crippen molar-refractivity contribution < 1.29 is 14.5 Å². The molecule has 4 rings (SSSR count). The number of aromatic nitrogens is 4. The zero-order valence-electron chi connectivity index (χ0n) is 17.8. The first-order chi connectivity index (χ1) is 16.4. The van der Waals surface area contributed by atoms with Crippen molar-refractivity contribution in [2.24, 2.45) is 0 Å². The number of rotatable bonds is 9. The number of non-ortho nitro benzene ring substituents is 1. The van der Waals surface area contributed by atoms with E-state index < -0.39 is 4.92 Å². The van der Waals surface area contributed by atoms with Gasteiger partial charge in [-0.2, -0.15) is 5.10 Å². The molecule has 0 fully saturated rings.